The van der Waals surface area contributed by atoms with E-state index in [1.807, 2.05) is 0 Å². The minimum Gasteiger partial charge on any atom is -0.394 e. The van der Waals surface area contributed by atoms with Crippen LogP contribution in [-0.4, -0.2) is 227 Å². The average Bonchev–Trinajstić information content (AvgIpc) is 3.07. The molecule has 3 heterocycles. The monoisotopic (exact) mass is 709 g/mol. The predicted molar refractivity (Wildman–Crippen MR) is 148 cm³/mol. The second-order valence-corrected chi connectivity index (χ2v) is 11.6. The quantitative estimate of drug-likeness (QED) is 0.0750. The molecule has 0 aliphatic carbocycles. The Labute approximate surface area is 272 Å². The van der Waals surface area contributed by atoms with Crippen molar-refractivity contribution in [3.63, 3.8) is 0 Å². The third-order valence-electron chi connectivity index (χ3n) is 8.25. The van der Waals surface area contributed by atoms with Gasteiger partial charge in [0.05, 0.1) is 33.0 Å². The number of rotatable bonds is 15. The summed E-state index contributed by atoms with van der Waals surface area (Å²) in [6.07, 6.45) is -33.0. The Morgan fingerprint density at radius 3 is 1.67 bits per heavy atom. The summed E-state index contributed by atoms with van der Waals surface area (Å²) in [7, 11) is 0. The number of amides is 1. The van der Waals surface area contributed by atoms with Crippen molar-refractivity contribution in [1.29, 1.82) is 0 Å². The molecule has 0 aromatic heterocycles. The summed E-state index contributed by atoms with van der Waals surface area (Å²) in [4.78, 5) is 12.2. The molecule has 0 unspecified atom stereocenters. The highest BCUT2D eigenvalue weighted by molar-refractivity contribution is 5.73. The highest BCUT2D eigenvalue weighted by Gasteiger charge is 2.55. The molecule has 0 spiro atoms. The summed E-state index contributed by atoms with van der Waals surface area (Å²) in [5.74, 6) is -0.765. The molecule has 48 heavy (non-hydrogen) atoms. The number of aliphatic hydroxyl groups is 14. The van der Waals surface area contributed by atoms with E-state index in [2.05, 4.69) is 5.32 Å². The van der Waals surface area contributed by atoms with E-state index in [9.17, 15) is 71.2 Å². The van der Waals surface area contributed by atoms with Crippen LogP contribution in [0.2, 0.25) is 0 Å². The maximum atomic E-state index is 12.2. The van der Waals surface area contributed by atoms with Crippen LogP contribution in [0.15, 0.2) is 0 Å². The topological polar surface area (TPSA) is 368 Å². The minimum absolute atomic E-state index is 0.765. The molecule has 15 N–H and O–H groups in total. The number of hydrogen-bond acceptors (Lipinski definition) is 21. The van der Waals surface area contributed by atoms with Crippen LogP contribution < -0.4 is 5.32 Å². The van der Waals surface area contributed by atoms with Gasteiger partial charge >= 0.3 is 0 Å². The Morgan fingerprint density at radius 2 is 1.12 bits per heavy atom. The number of ether oxygens (including phenoxy) is 6. The summed E-state index contributed by atoms with van der Waals surface area (Å²) in [5.41, 5.74) is 0. The molecule has 0 bridgehead atoms. The van der Waals surface area contributed by atoms with Crippen molar-refractivity contribution in [2.45, 2.75) is 123 Å². The number of nitrogens with one attached hydrogen (secondary N) is 1. The van der Waals surface area contributed by atoms with E-state index in [-0.39, 0.29) is 0 Å². The minimum atomic E-state index is -2.10. The van der Waals surface area contributed by atoms with Gasteiger partial charge < -0.3 is 105 Å². The van der Waals surface area contributed by atoms with Crippen LogP contribution in [0.25, 0.3) is 0 Å². The van der Waals surface area contributed by atoms with Crippen LogP contribution >= 0.6 is 0 Å². The fourth-order valence-corrected chi connectivity index (χ4v) is 5.54. The van der Waals surface area contributed by atoms with Crippen LogP contribution in [0.5, 0.6) is 0 Å². The second-order valence-electron chi connectivity index (χ2n) is 11.6. The summed E-state index contributed by atoms with van der Waals surface area (Å²) in [6, 6.07) is -1.59. The van der Waals surface area contributed by atoms with E-state index in [4.69, 9.17) is 33.5 Å². The Kier molecular flexibility index (Phi) is 15.6. The molecule has 3 saturated heterocycles. The molecule has 0 radical (unpaired) electrons. The summed E-state index contributed by atoms with van der Waals surface area (Å²) in [6.45, 7) is -3.65. The summed E-state index contributed by atoms with van der Waals surface area (Å²) >= 11 is 0. The van der Waals surface area contributed by atoms with Gasteiger partial charge in [0.1, 0.15) is 97.6 Å². The van der Waals surface area contributed by atoms with Crippen molar-refractivity contribution >= 4 is 5.91 Å². The zero-order valence-electron chi connectivity index (χ0n) is 25.6. The van der Waals surface area contributed by atoms with E-state index in [0.29, 0.717) is 0 Å². The van der Waals surface area contributed by atoms with Gasteiger partial charge in [-0.25, -0.2) is 0 Å². The molecule has 0 aromatic carbocycles. The Hall–Kier alpha value is -1.33. The zero-order valence-corrected chi connectivity index (χ0v) is 25.6. The van der Waals surface area contributed by atoms with Gasteiger partial charge in [-0.15, -0.1) is 0 Å². The van der Waals surface area contributed by atoms with Gasteiger partial charge in [-0.2, -0.15) is 0 Å². The lowest BCUT2D eigenvalue weighted by atomic mass is 9.94. The molecule has 3 aliphatic rings. The molecule has 3 fully saturated rings. The standard InChI is InChI=1S/C26H47NO21/c1-7(33)27-13-23(48-25-19(41)17(39)15(37)10(4-30)44-25)16(38)11(5-31)43-24(13)47-22-12(6-32)45-26(20(42)18(22)40)46-21(9(35)3-29)14(36)8(34)2-28/h8-26,28-32,34-42H,2-6H2,1H3,(H,27,33)/t8-,9+,10+,11+,12+,13+,14+,15-,16-,17-,18+,19+,20+,21+,22-,23+,24-,25-,26-/m0/s1. The van der Waals surface area contributed by atoms with Crippen molar-refractivity contribution < 1.29 is 105 Å². The predicted octanol–water partition coefficient (Wildman–Crippen LogP) is -9.97. The molecule has 22 nitrogen and oxygen atoms in total. The first-order chi connectivity index (χ1) is 22.6. The lowest BCUT2D eigenvalue weighted by Crippen LogP contribution is -2.70. The van der Waals surface area contributed by atoms with Crippen LogP contribution in [0.3, 0.4) is 0 Å². The number of carbonyl (C=O) groups excluding carboxylic acids is 1. The fraction of sp³-hybridized carbons (Fsp3) is 0.962. The highest BCUT2D eigenvalue weighted by Crippen LogP contribution is 2.33. The summed E-state index contributed by atoms with van der Waals surface area (Å²) in [5, 5.41) is 144. The van der Waals surface area contributed by atoms with Crippen molar-refractivity contribution in [2.75, 3.05) is 33.0 Å². The number of carbonyl (C=O) groups is 1. The van der Waals surface area contributed by atoms with E-state index < -0.39 is 155 Å². The van der Waals surface area contributed by atoms with E-state index in [0.717, 1.165) is 6.92 Å². The van der Waals surface area contributed by atoms with Gasteiger partial charge in [0.25, 0.3) is 0 Å². The zero-order chi connectivity index (χ0) is 36.0. The van der Waals surface area contributed by atoms with Crippen molar-refractivity contribution in [1.82, 2.24) is 5.32 Å². The van der Waals surface area contributed by atoms with Gasteiger partial charge in [-0.1, -0.05) is 0 Å². The maximum Gasteiger partial charge on any atom is 0.217 e. The van der Waals surface area contributed by atoms with Gasteiger partial charge in [-0.3, -0.25) is 4.79 Å². The first kappa shape index (κ1) is 41.1. The molecule has 3 aliphatic heterocycles. The Balaban J connectivity index is 1.88. The van der Waals surface area contributed by atoms with E-state index in [1.165, 1.54) is 0 Å². The average molecular weight is 710 g/mol. The molecule has 3 rings (SSSR count). The van der Waals surface area contributed by atoms with Crippen LogP contribution in [0, 0.1) is 0 Å². The maximum absolute atomic E-state index is 12.2. The molecule has 282 valence electrons. The van der Waals surface area contributed by atoms with Crippen molar-refractivity contribution in [2.24, 2.45) is 0 Å². The van der Waals surface area contributed by atoms with Crippen molar-refractivity contribution in [3.8, 4) is 0 Å². The first-order valence-corrected chi connectivity index (χ1v) is 15.0. The lowest BCUT2D eigenvalue weighted by molar-refractivity contribution is -0.371. The fourth-order valence-electron chi connectivity index (χ4n) is 5.54. The summed E-state index contributed by atoms with van der Waals surface area (Å²) < 4.78 is 33.4. The molecule has 1 amide bonds. The van der Waals surface area contributed by atoms with Crippen molar-refractivity contribution in [3.05, 3.63) is 0 Å². The van der Waals surface area contributed by atoms with E-state index in [1.54, 1.807) is 0 Å². The smallest absolute Gasteiger partial charge is 0.217 e. The third kappa shape index (κ3) is 9.12. The van der Waals surface area contributed by atoms with Gasteiger partial charge in [0.2, 0.25) is 5.91 Å². The molecule has 19 atom stereocenters. The lowest BCUT2D eigenvalue weighted by Gasteiger charge is -2.49. The molecular weight excluding hydrogens is 662 g/mol. The first-order valence-electron chi connectivity index (χ1n) is 15.0. The van der Waals surface area contributed by atoms with Gasteiger partial charge in [-0.05, 0) is 0 Å². The molecule has 22 heteroatoms. The molecule has 0 saturated carbocycles. The number of hydrogen-bond donors (Lipinski definition) is 15. The van der Waals surface area contributed by atoms with Gasteiger partial charge in [0.15, 0.2) is 18.9 Å². The second kappa shape index (κ2) is 18.2. The van der Waals surface area contributed by atoms with Crippen LogP contribution in [-0.2, 0) is 33.2 Å². The highest BCUT2D eigenvalue weighted by atomic mass is 16.8. The number of aliphatic hydroxyl groups excluding tert-OH is 14. The normalized spacial score (nSPS) is 43.3. The van der Waals surface area contributed by atoms with E-state index >= 15 is 0 Å². The SMILES string of the molecule is CC(=O)N[C@H]1[C@H](O[C@@H]2[C@H](O)[C@@H](O)[C@H](O[C@@H]([C@H](O)[C@@H](O)CO)[C@H](O)CO)O[C@@H]2CO)O[C@H](CO)[C@H](O)[C@@H]1O[C@@H]1O[C@H](CO)[C@H](O)[C@H](O)[C@H]1O. The molecule has 0 aromatic rings. The van der Waals surface area contributed by atoms with Crippen LogP contribution in [0.1, 0.15) is 6.92 Å². The largest absolute Gasteiger partial charge is 0.394 e. The third-order valence-corrected chi connectivity index (χ3v) is 8.25. The molecular formula is C26H47NO21. The van der Waals surface area contributed by atoms with Crippen LogP contribution in [0.4, 0.5) is 0 Å². The Bertz CT molecular complexity index is 980. The van der Waals surface area contributed by atoms with Gasteiger partial charge in [0, 0.05) is 6.92 Å². The Morgan fingerprint density at radius 1 is 0.625 bits per heavy atom.